The number of aliphatic hydroxyl groups is 1. The maximum atomic E-state index is 10.7. The Morgan fingerprint density at radius 3 is 2.42 bits per heavy atom. The van der Waals surface area contributed by atoms with Gasteiger partial charge in [-0.15, -0.1) is 0 Å². The largest absolute Gasteiger partial charge is 0.393 e. The lowest BCUT2D eigenvalue weighted by Gasteiger charge is -2.45. The molecule has 0 amide bonds. The van der Waals surface area contributed by atoms with Gasteiger partial charge < -0.3 is 14.6 Å². The first kappa shape index (κ1) is 12.6. The van der Waals surface area contributed by atoms with Crippen LogP contribution in [-0.2, 0) is 9.47 Å². The Balaban J connectivity index is 1.40. The molecule has 2 aliphatic heterocycles. The van der Waals surface area contributed by atoms with E-state index in [0.29, 0.717) is 11.8 Å². The summed E-state index contributed by atoms with van der Waals surface area (Å²) in [6.45, 7) is 2.49. The van der Waals surface area contributed by atoms with Gasteiger partial charge in [-0.2, -0.15) is 0 Å². The topological polar surface area (TPSA) is 38.7 Å². The summed E-state index contributed by atoms with van der Waals surface area (Å²) in [7, 11) is 0. The third-order valence-electron chi connectivity index (χ3n) is 6.18. The van der Waals surface area contributed by atoms with Crippen LogP contribution in [0.3, 0.4) is 0 Å². The molecular formula is C16H26O3. The first-order valence-corrected chi connectivity index (χ1v) is 8.15. The highest BCUT2D eigenvalue weighted by molar-refractivity contribution is 5.00. The summed E-state index contributed by atoms with van der Waals surface area (Å²) in [5, 5.41) is 10.7. The minimum atomic E-state index is -0.0728. The second-order valence-corrected chi connectivity index (χ2v) is 7.37. The van der Waals surface area contributed by atoms with Crippen LogP contribution in [0.5, 0.6) is 0 Å². The van der Waals surface area contributed by atoms with Crippen LogP contribution in [0, 0.1) is 23.7 Å². The number of aliphatic hydroxyl groups excluding tert-OH is 1. The summed E-state index contributed by atoms with van der Waals surface area (Å²) in [6.07, 6.45) is 8.10. The van der Waals surface area contributed by atoms with Crippen molar-refractivity contribution in [1.29, 1.82) is 0 Å². The molecule has 108 valence electrons. The van der Waals surface area contributed by atoms with Gasteiger partial charge in [0, 0.05) is 19.8 Å². The van der Waals surface area contributed by atoms with Crippen molar-refractivity contribution >= 4 is 0 Å². The standard InChI is InChI=1S/C16H26O3/c17-15(14-8-12-7-13(12)9-14)11-1-4-19-16(10-11)2-5-18-6-3-16/h11-15,17H,1-10H2. The van der Waals surface area contributed by atoms with Crippen molar-refractivity contribution in [2.24, 2.45) is 23.7 Å². The van der Waals surface area contributed by atoms with E-state index in [1.54, 1.807) is 0 Å². The molecule has 0 aromatic heterocycles. The number of rotatable bonds is 2. The van der Waals surface area contributed by atoms with E-state index in [4.69, 9.17) is 9.47 Å². The first-order chi connectivity index (χ1) is 9.26. The molecule has 3 nitrogen and oxygen atoms in total. The van der Waals surface area contributed by atoms with Gasteiger partial charge in [0.2, 0.25) is 0 Å². The lowest BCUT2D eigenvalue weighted by atomic mass is 9.75. The molecular weight excluding hydrogens is 240 g/mol. The normalized spacial score (nSPS) is 45.9. The maximum absolute atomic E-state index is 10.7. The molecule has 0 aromatic rings. The highest BCUT2D eigenvalue weighted by Crippen LogP contribution is 2.56. The fraction of sp³-hybridized carbons (Fsp3) is 1.00. The van der Waals surface area contributed by atoms with Crippen LogP contribution in [0.2, 0.25) is 0 Å². The van der Waals surface area contributed by atoms with Crippen LogP contribution in [0.4, 0.5) is 0 Å². The summed E-state index contributed by atoms with van der Waals surface area (Å²) in [5.41, 5.74) is 0.0314. The molecule has 1 spiro atoms. The van der Waals surface area contributed by atoms with E-state index in [-0.39, 0.29) is 11.7 Å². The first-order valence-electron chi connectivity index (χ1n) is 8.15. The number of fused-ring (bicyclic) bond motifs is 1. The zero-order valence-corrected chi connectivity index (χ0v) is 11.7. The van der Waals surface area contributed by atoms with E-state index < -0.39 is 0 Å². The monoisotopic (exact) mass is 266 g/mol. The van der Waals surface area contributed by atoms with Crippen molar-refractivity contribution in [2.75, 3.05) is 19.8 Å². The fourth-order valence-electron chi connectivity index (χ4n) is 4.87. The average Bonchev–Trinajstić information content (AvgIpc) is 3.05. The zero-order chi connectivity index (χ0) is 12.9. The van der Waals surface area contributed by atoms with Crippen molar-refractivity contribution in [3.8, 4) is 0 Å². The van der Waals surface area contributed by atoms with E-state index in [9.17, 15) is 5.11 Å². The Kier molecular flexibility index (Phi) is 3.13. The lowest BCUT2D eigenvalue weighted by Crippen LogP contribution is -2.47. The Morgan fingerprint density at radius 1 is 0.947 bits per heavy atom. The minimum Gasteiger partial charge on any atom is -0.393 e. The molecule has 2 saturated heterocycles. The minimum absolute atomic E-state index is 0.0314. The third kappa shape index (κ3) is 2.34. The molecule has 4 aliphatic rings. The Labute approximate surface area is 115 Å². The Morgan fingerprint density at radius 2 is 1.68 bits per heavy atom. The fourth-order valence-corrected chi connectivity index (χ4v) is 4.87. The number of ether oxygens (including phenoxy) is 2. The van der Waals surface area contributed by atoms with Gasteiger partial charge in [-0.05, 0) is 68.6 Å². The number of hydrogen-bond acceptors (Lipinski definition) is 3. The van der Waals surface area contributed by atoms with Crippen LogP contribution in [-0.4, -0.2) is 36.6 Å². The van der Waals surface area contributed by atoms with E-state index in [0.717, 1.165) is 57.3 Å². The highest BCUT2D eigenvalue weighted by atomic mass is 16.5. The Hall–Kier alpha value is -0.120. The van der Waals surface area contributed by atoms with E-state index in [1.165, 1.54) is 19.3 Å². The molecule has 0 aromatic carbocycles. The van der Waals surface area contributed by atoms with Crippen LogP contribution < -0.4 is 0 Å². The second kappa shape index (κ2) is 4.71. The average molecular weight is 266 g/mol. The van der Waals surface area contributed by atoms with Crippen LogP contribution >= 0.6 is 0 Å². The molecule has 2 heterocycles. The van der Waals surface area contributed by atoms with E-state index >= 15 is 0 Å². The summed E-state index contributed by atoms with van der Waals surface area (Å²) >= 11 is 0. The molecule has 19 heavy (non-hydrogen) atoms. The zero-order valence-electron chi connectivity index (χ0n) is 11.7. The van der Waals surface area contributed by atoms with E-state index in [2.05, 4.69) is 0 Å². The van der Waals surface area contributed by atoms with E-state index in [1.807, 2.05) is 0 Å². The molecule has 4 rings (SSSR count). The molecule has 1 N–H and O–H groups in total. The van der Waals surface area contributed by atoms with Gasteiger partial charge in [0.25, 0.3) is 0 Å². The maximum Gasteiger partial charge on any atom is 0.0730 e. The van der Waals surface area contributed by atoms with Crippen LogP contribution in [0.25, 0.3) is 0 Å². The van der Waals surface area contributed by atoms with Crippen molar-refractivity contribution in [3.05, 3.63) is 0 Å². The molecule has 0 radical (unpaired) electrons. The molecule has 4 unspecified atom stereocenters. The molecule has 4 atom stereocenters. The van der Waals surface area contributed by atoms with Crippen LogP contribution in [0.15, 0.2) is 0 Å². The van der Waals surface area contributed by atoms with Crippen molar-refractivity contribution < 1.29 is 14.6 Å². The smallest absolute Gasteiger partial charge is 0.0730 e. The summed E-state index contributed by atoms with van der Waals surface area (Å²) in [5.74, 6) is 2.99. The van der Waals surface area contributed by atoms with Gasteiger partial charge >= 0.3 is 0 Å². The Bertz CT molecular complexity index is 321. The van der Waals surface area contributed by atoms with Crippen LogP contribution in [0.1, 0.15) is 44.9 Å². The summed E-state index contributed by atoms with van der Waals surface area (Å²) in [6, 6.07) is 0. The second-order valence-electron chi connectivity index (χ2n) is 7.37. The van der Waals surface area contributed by atoms with Gasteiger partial charge in [0.15, 0.2) is 0 Å². The van der Waals surface area contributed by atoms with Crippen molar-refractivity contribution in [1.82, 2.24) is 0 Å². The molecule has 2 saturated carbocycles. The van der Waals surface area contributed by atoms with Crippen molar-refractivity contribution in [3.63, 3.8) is 0 Å². The summed E-state index contributed by atoms with van der Waals surface area (Å²) in [4.78, 5) is 0. The van der Waals surface area contributed by atoms with Gasteiger partial charge in [-0.1, -0.05) is 0 Å². The van der Waals surface area contributed by atoms with Gasteiger partial charge in [0.1, 0.15) is 0 Å². The highest BCUT2D eigenvalue weighted by Gasteiger charge is 2.50. The van der Waals surface area contributed by atoms with Gasteiger partial charge in [-0.25, -0.2) is 0 Å². The third-order valence-corrected chi connectivity index (χ3v) is 6.18. The van der Waals surface area contributed by atoms with Gasteiger partial charge in [-0.3, -0.25) is 0 Å². The van der Waals surface area contributed by atoms with Gasteiger partial charge in [0.05, 0.1) is 11.7 Å². The SMILES string of the molecule is OC(C1CC2CC2C1)C1CCOC2(CCOCC2)C1. The molecule has 2 aliphatic carbocycles. The summed E-state index contributed by atoms with van der Waals surface area (Å²) < 4.78 is 11.6. The molecule has 3 heteroatoms. The molecule has 0 bridgehead atoms. The number of hydrogen-bond donors (Lipinski definition) is 1. The predicted molar refractivity (Wildman–Crippen MR) is 71.8 cm³/mol. The molecule has 4 fully saturated rings. The predicted octanol–water partition coefficient (Wildman–Crippen LogP) is 2.37. The van der Waals surface area contributed by atoms with Crippen molar-refractivity contribution in [2.45, 2.75) is 56.7 Å². The quantitative estimate of drug-likeness (QED) is 0.834. The lowest BCUT2D eigenvalue weighted by molar-refractivity contribution is -0.162.